The van der Waals surface area contributed by atoms with Crippen molar-refractivity contribution in [1.82, 2.24) is 0 Å². The van der Waals surface area contributed by atoms with Crippen molar-refractivity contribution < 1.29 is 5.11 Å². The molecule has 0 bridgehead atoms. The van der Waals surface area contributed by atoms with Crippen molar-refractivity contribution >= 4 is 11.4 Å². The summed E-state index contributed by atoms with van der Waals surface area (Å²) in [7, 11) is 1.96. The maximum Gasteiger partial charge on any atom is 0.139 e. The fraction of sp³-hybridized carbons (Fsp3) is 0.200. The number of phenols is 1. The quantitative estimate of drug-likeness (QED) is 0.844. The fourth-order valence-electron chi connectivity index (χ4n) is 1.89. The van der Waals surface area contributed by atoms with Crippen LogP contribution in [0.2, 0.25) is 0 Å². The highest BCUT2D eigenvalue weighted by atomic mass is 16.3. The van der Waals surface area contributed by atoms with E-state index in [9.17, 15) is 5.11 Å². The lowest BCUT2D eigenvalue weighted by Gasteiger charge is -2.21. The summed E-state index contributed by atoms with van der Waals surface area (Å²) in [6, 6.07) is 13.9. The van der Waals surface area contributed by atoms with Crippen LogP contribution in [0.3, 0.4) is 0 Å². The molecule has 0 radical (unpaired) electrons. The standard InChI is InChI=1S/C15H17NO/c1-11-5-4-6-13(9-11)16(3)14-8-7-12(2)10-15(14)17/h4-10,17H,1-3H3. The molecule has 2 rings (SSSR count). The average molecular weight is 227 g/mol. The maximum absolute atomic E-state index is 9.95. The summed E-state index contributed by atoms with van der Waals surface area (Å²) in [5.74, 6) is 0.314. The summed E-state index contributed by atoms with van der Waals surface area (Å²) < 4.78 is 0. The Balaban J connectivity index is 2.40. The third kappa shape index (κ3) is 2.41. The molecule has 0 spiro atoms. The highest BCUT2D eigenvalue weighted by molar-refractivity contribution is 5.68. The molecule has 88 valence electrons. The van der Waals surface area contributed by atoms with E-state index in [0.29, 0.717) is 5.75 Å². The third-order valence-electron chi connectivity index (χ3n) is 2.88. The molecule has 0 unspecified atom stereocenters. The molecule has 2 heteroatoms. The van der Waals surface area contributed by atoms with Gasteiger partial charge in [0.05, 0.1) is 5.69 Å². The Labute approximate surface area is 102 Å². The molecule has 0 aliphatic carbocycles. The molecule has 0 atom stereocenters. The summed E-state index contributed by atoms with van der Waals surface area (Å²) in [4.78, 5) is 1.99. The van der Waals surface area contributed by atoms with Crippen molar-refractivity contribution in [3.8, 4) is 5.75 Å². The van der Waals surface area contributed by atoms with Crippen LogP contribution < -0.4 is 4.90 Å². The molecule has 0 aromatic heterocycles. The van der Waals surface area contributed by atoms with Crippen molar-refractivity contribution in [3.63, 3.8) is 0 Å². The van der Waals surface area contributed by atoms with Gasteiger partial charge in [0.2, 0.25) is 0 Å². The highest BCUT2D eigenvalue weighted by Crippen LogP contribution is 2.32. The molecule has 0 aliphatic heterocycles. The van der Waals surface area contributed by atoms with Crippen LogP contribution in [0.15, 0.2) is 42.5 Å². The van der Waals surface area contributed by atoms with Crippen LogP contribution in [0.5, 0.6) is 5.75 Å². The Kier molecular flexibility index (Phi) is 3.05. The minimum atomic E-state index is 0.314. The molecular formula is C15H17NO. The lowest BCUT2D eigenvalue weighted by molar-refractivity contribution is 0.475. The van der Waals surface area contributed by atoms with Gasteiger partial charge in [0.1, 0.15) is 5.75 Å². The van der Waals surface area contributed by atoms with Gasteiger partial charge in [-0.25, -0.2) is 0 Å². The van der Waals surface area contributed by atoms with E-state index in [1.54, 1.807) is 6.07 Å². The molecule has 0 heterocycles. The van der Waals surface area contributed by atoms with Gasteiger partial charge in [-0.05, 0) is 49.2 Å². The van der Waals surface area contributed by atoms with Crippen LogP contribution >= 0.6 is 0 Å². The van der Waals surface area contributed by atoms with E-state index in [1.165, 1.54) is 5.56 Å². The number of anilines is 2. The molecule has 0 amide bonds. The monoisotopic (exact) mass is 227 g/mol. The molecule has 2 aromatic rings. The lowest BCUT2D eigenvalue weighted by Crippen LogP contribution is -2.09. The second kappa shape index (κ2) is 4.50. The molecule has 17 heavy (non-hydrogen) atoms. The van der Waals surface area contributed by atoms with E-state index in [1.807, 2.05) is 43.1 Å². The number of benzene rings is 2. The number of phenolic OH excluding ortho intramolecular Hbond substituents is 1. The van der Waals surface area contributed by atoms with Gasteiger partial charge in [0.15, 0.2) is 0 Å². The zero-order chi connectivity index (χ0) is 12.4. The first-order valence-electron chi connectivity index (χ1n) is 5.68. The molecule has 0 fully saturated rings. The van der Waals surface area contributed by atoms with E-state index in [-0.39, 0.29) is 0 Å². The van der Waals surface area contributed by atoms with Crippen molar-refractivity contribution in [2.24, 2.45) is 0 Å². The number of aromatic hydroxyl groups is 1. The van der Waals surface area contributed by atoms with Crippen molar-refractivity contribution in [2.75, 3.05) is 11.9 Å². The van der Waals surface area contributed by atoms with Crippen molar-refractivity contribution in [1.29, 1.82) is 0 Å². The summed E-state index contributed by atoms with van der Waals surface area (Å²) in [5.41, 5.74) is 4.16. The minimum absolute atomic E-state index is 0.314. The van der Waals surface area contributed by atoms with Crippen LogP contribution in [0.1, 0.15) is 11.1 Å². The molecular weight excluding hydrogens is 210 g/mol. The average Bonchev–Trinajstić information content (AvgIpc) is 2.28. The number of hydrogen-bond donors (Lipinski definition) is 1. The van der Waals surface area contributed by atoms with Crippen molar-refractivity contribution in [3.05, 3.63) is 53.6 Å². The molecule has 0 saturated carbocycles. The third-order valence-corrected chi connectivity index (χ3v) is 2.88. The predicted octanol–water partition coefficient (Wildman–Crippen LogP) is 3.78. The van der Waals surface area contributed by atoms with Crippen molar-refractivity contribution in [2.45, 2.75) is 13.8 Å². The maximum atomic E-state index is 9.95. The van der Waals surface area contributed by atoms with E-state index in [4.69, 9.17) is 0 Å². The Morgan fingerprint density at radius 1 is 0.941 bits per heavy atom. The van der Waals surface area contributed by atoms with Crippen LogP contribution in [0.25, 0.3) is 0 Å². The summed E-state index contributed by atoms with van der Waals surface area (Å²) in [6.45, 7) is 4.03. The summed E-state index contributed by atoms with van der Waals surface area (Å²) >= 11 is 0. The normalized spacial score (nSPS) is 10.3. The first-order chi connectivity index (χ1) is 8.08. The number of aryl methyl sites for hydroxylation is 2. The van der Waals surface area contributed by atoms with E-state index < -0.39 is 0 Å². The van der Waals surface area contributed by atoms with Crippen LogP contribution in [-0.2, 0) is 0 Å². The Morgan fingerprint density at radius 3 is 2.29 bits per heavy atom. The summed E-state index contributed by atoms with van der Waals surface area (Å²) in [6.07, 6.45) is 0. The van der Waals surface area contributed by atoms with Gasteiger partial charge in [-0.3, -0.25) is 0 Å². The smallest absolute Gasteiger partial charge is 0.139 e. The zero-order valence-corrected chi connectivity index (χ0v) is 10.4. The van der Waals surface area contributed by atoms with E-state index in [0.717, 1.165) is 16.9 Å². The Morgan fingerprint density at radius 2 is 1.65 bits per heavy atom. The van der Waals surface area contributed by atoms with E-state index >= 15 is 0 Å². The second-order valence-corrected chi connectivity index (χ2v) is 4.39. The largest absolute Gasteiger partial charge is 0.506 e. The van der Waals surface area contributed by atoms with Gasteiger partial charge < -0.3 is 10.0 Å². The Hall–Kier alpha value is -1.96. The summed E-state index contributed by atoms with van der Waals surface area (Å²) in [5, 5.41) is 9.95. The van der Waals surface area contributed by atoms with Gasteiger partial charge in [0.25, 0.3) is 0 Å². The SMILES string of the molecule is Cc1cccc(N(C)c2ccc(C)cc2O)c1. The van der Waals surface area contributed by atoms with Gasteiger partial charge >= 0.3 is 0 Å². The molecule has 0 saturated heterocycles. The predicted molar refractivity (Wildman–Crippen MR) is 72.1 cm³/mol. The molecule has 2 nitrogen and oxygen atoms in total. The number of rotatable bonds is 2. The Bertz CT molecular complexity index is 534. The fourth-order valence-corrected chi connectivity index (χ4v) is 1.89. The first kappa shape index (κ1) is 11.5. The van der Waals surface area contributed by atoms with Crippen LogP contribution in [0.4, 0.5) is 11.4 Å². The first-order valence-corrected chi connectivity index (χ1v) is 5.68. The zero-order valence-electron chi connectivity index (χ0n) is 10.4. The second-order valence-electron chi connectivity index (χ2n) is 4.39. The number of hydrogen-bond acceptors (Lipinski definition) is 2. The highest BCUT2D eigenvalue weighted by Gasteiger charge is 2.08. The van der Waals surface area contributed by atoms with Crippen LogP contribution in [0, 0.1) is 13.8 Å². The van der Waals surface area contributed by atoms with Gasteiger partial charge in [-0.1, -0.05) is 18.2 Å². The van der Waals surface area contributed by atoms with Crippen LogP contribution in [-0.4, -0.2) is 12.2 Å². The van der Waals surface area contributed by atoms with Gasteiger partial charge in [-0.2, -0.15) is 0 Å². The number of nitrogens with zero attached hydrogens (tertiary/aromatic N) is 1. The topological polar surface area (TPSA) is 23.5 Å². The molecule has 1 N–H and O–H groups in total. The minimum Gasteiger partial charge on any atom is -0.506 e. The van der Waals surface area contributed by atoms with Gasteiger partial charge in [0, 0.05) is 12.7 Å². The molecule has 0 aliphatic rings. The van der Waals surface area contributed by atoms with E-state index in [2.05, 4.69) is 19.1 Å². The lowest BCUT2D eigenvalue weighted by atomic mass is 10.1. The molecule has 2 aromatic carbocycles. The van der Waals surface area contributed by atoms with Gasteiger partial charge in [-0.15, -0.1) is 0 Å².